The van der Waals surface area contributed by atoms with Gasteiger partial charge in [0.05, 0.1) is 0 Å². The Kier molecular flexibility index (Phi) is 10.4. The Labute approximate surface area is 157 Å². The van der Waals surface area contributed by atoms with E-state index in [0.29, 0.717) is 25.9 Å². The second-order valence-electron chi connectivity index (χ2n) is 5.03. The van der Waals surface area contributed by atoms with Gasteiger partial charge in [0.25, 0.3) is 0 Å². The Bertz CT molecular complexity index is 691. The molecule has 0 bridgehead atoms. The Balaban J connectivity index is 0.000000705. The van der Waals surface area contributed by atoms with Crippen LogP contribution in [0.4, 0.5) is 0 Å². The van der Waals surface area contributed by atoms with Crippen LogP contribution in [0.5, 0.6) is 0 Å². The van der Waals surface area contributed by atoms with Crippen molar-refractivity contribution < 1.29 is 22.0 Å². The zero-order chi connectivity index (χ0) is 18.7. The van der Waals surface area contributed by atoms with Gasteiger partial charge in [-0.05, 0) is 37.1 Å². The minimum atomic E-state index is -2.65. The fraction of sp³-hybridized carbons (Fsp3) is 0.412. The maximum atomic E-state index is 8.96. The van der Waals surface area contributed by atoms with E-state index in [4.69, 9.17) is 22.0 Å². The number of thiol groups is 1. The highest BCUT2D eigenvalue weighted by Gasteiger charge is 2.40. The predicted octanol–water partition coefficient (Wildman–Crippen LogP) is 3.37. The molecule has 0 aliphatic heterocycles. The molecule has 0 radical (unpaired) electrons. The minimum absolute atomic E-state index is 0.608. The Morgan fingerprint density at radius 1 is 0.960 bits per heavy atom. The average molecular weight is 403 g/mol. The van der Waals surface area contributed by atoms with E-state index in [1.54, 1.807) is 0 Å². The lowest BCUT2D eigenvalue weighted by Crippen LogP contribution is -2.48. The smallest absolute Gasteiger partial charge is 0.374 e. The van der Waals surface area contributed by atoms with E-state index >= 15 is 0 Å². The SMILES string of the molecule is CCO[Si](Cc1cccc2ccccc12)(OCC)OCC.O=[SH](O)=S. The first-order valence-electron chi connectivity index (χ1n) is 8.19. The van der Waals surface area contributed by atoms with Crippen LogP contribution in [0, 0.1) is 0 Å². The number of fused-ring (bicyclic) bond motifs is 1. The van der Waals surface area contributed by atoms with Crippen molar-refractivity contribution in [3.63, 3.8) is 0 Å². The highest BCUT2D eigenvalue weighted by Crippen LogP contribution is 2.24. The van der Waals surface area contributed by atoms with Crippen LogP contribution >= 0.6 is 0 Å². The van der Waals surface area contributed by atoms with Crippen LogP contribution < -0.4 is 0 Å². The maximum absolute atomic E-state index is 8.96. The van der Waals surface area contributed by atoms with Crippen molar-refractivity contribution in [2.45, 2.75) is 26.8 Å². The molecule has 0 aliphatic rings. The molecule has 0 spiro atoms. The van der Waals surface area contributed by atoms with Crippen LogP contribution in [0.15, 0.2) is 42.5 Å². The average Bonchev–Trinajstić information content (AvgIpc) is 2.55. The third kappa shape index (κ3) is 7.49. The van der Waals surface area contributed by atoms with E-state index < -0.39 is 18.4 Å². The summed E-state index contributed by atoms with van der Waals surface area (Å²) in [7, 11) is -4.94. The molecule has 0 saturated heterocycles. The molecule has 2 rings (SSSR count). The maximum Gasteiger partial charge on any atom is 0.505 e. The first-order chi connectivity index (χ1) is 12.0. The van der Waals surface area contributed by atoms with E-state index in [2.05, 4.69) is 53.7 Å². The molecule has 0 saturated carbocycles. The van der Waals surface area contributed by atoms with Gasteiger partial charge in [0, 0.05) is 37.1 Å². The molecule has 0 aliphatic carbocycles. The van der Waals surface area contributed by atoms with Gasteiger partial charge in [-0.1, -0.05) is 42.5 Å². The third-order valence-corrected chi connectivity index (χ3v) is 6.38. The van der Waals surface area contributed by atoms with Crippen LogP contribution in [-0.4, -0.2) is 37.4 Å². The van der Waals surface area contributed by atoms with Gasteiger partial charge in [0.15, 0.2) is 0 Å². The van der Waals surface area contributed by atoms with Crippen molar-refractivity contribution in [2.24, 2.45) is 0 Å². The lowest BCUT2D eigenvalue weighted by atomic mass is 10.1. The summed E-state index contributed by atoms with van der Waals surface area (Å²) in [5.41, 5.74) is 1.23. The second-order valence-corrected chi connectivity index (χ2v) is 9.03. The molecule has 25 heavy (non-hydrogen) atoms. The zero-order valence-corrected chi connectivity index (χ0v) is 17.5. The fourth-order valence-electron chi connectivity index (χ4n) is 2.62. The molecular weight excluding hydrogens is 376 g/mol. The lowest BCUT2D eigenvalue weighted by molar-refractivity contribution is 0.0705. The van der Waals surface area contributed by atoms with E-state index in [1.165, 1.54) is 16.3 Å². The van der Waals surface area contributed by atoms with Crippen molar-refractivity contribution >= 4 is 40.4 Å². The van der Waals surface area contributed by atoms with Gasteiger partial charge < -0.3 is 17.8 Å². The summed E-state index contributed by atoms with van der Waals surface area (Å²) in [4.78, 5) is 0. The Morgan fingerprint density at radius 2 is 1.44 bits per heavy atom. The molecule has 0 heterocycles. The molecule has 0 aromatic heterocycles. The van der Waals surface area contributed by atoms with Crippen molar-refractivity contribution in [3.05, 3.63) is 48.0 Å². The molecule has 140 valence electrons. The summed E-state index contributed by atoms with van der Waals surface area (Å²) in [6.07, 6.45) is 0. The van der Waals surface area contributed by atoms with Crippen molar-refractivity contribution in [3.8, 4) is 0 Å². The van der Waals surface area contributed by atoms with Gasteiger partial charge in [0.2, 0.25) is 0 Å². The predicted molar refractivity (Wildman–Crippen MR) is 108 cm³/mol. The first-order valence-corrected chi connectivity index (χ1v) is 12.4. The van der Waals surface area contributed by atoms with E-state index in [0.717, 1.165) is 0 Å². The monoisotopic (exact) mass is 402 g/mol. The van der Waals surface area contributed by atoms with E-state index in [-0.39, 0.29) is 0 Å². The molecule has 0 fully saturated rings. The Morgan fingerprint density at radius 3 is 1.96 bits per heavy atom. The van der Waals surface area contributed by atoms with E-state index in [1.807, 2.05) is 20.8 Å². The van der Waals surface area contributed by atoms with Crippen LogP contribution in [0.25, 0.3) is 10.8 Å². The van der Waals surface area contributed by atoms with Gasteiger partial charge in [-0.15, -0.1) is 0 Å². The molecule has 2 aromatic rings. The van der Waals surface area contributed by atoms with E-state index in [9.17, 15) is 0 Å². The number of hydrogen-bond donors (Lipinski definition) is 2. The fourth-order valence-corrected chi connectivity index (χ4v) is 5.27. The van der Waals surface area contributed by atoms with Crippen molar-refractivity contribution in [1.82, 2.24) is 0 Å². The van der Waals surface area contributed by atoms with Crippen molar-refractivity contribution in [1.29, 1.82) is 0 Å². The van der Waals surface area contributed by atoms with Gasteiger partial charge in [-0.25, -0.2) is 4.21 Å². The molecule has 1 atom stereocenters. The molecule has 8 heteroatoms. The third-order valence-electron chi connectivity index (χ3n) is 3.38. The summed E-state index contributed by atoms with van der Waals surface area (Å²) in [5, 5.41) is 2.48. The van der Waals surface area contributed by atoms with Crippen LogP contribution in [0.2, 0.25) is 0 Å². The molecular formula is C17H26O5S2Si. The molecule has 2 aromatic carbocycles. The number of hydrogen-bond acceptors (Lipinski definition) is 5. The second kappa shape index (κ2) is 11.7. The topological polar surface area (TPSA) is 65.0 Å². The minimum Gasteiger partial charge on any atom is -0.374 e. The standard InChI is InChI=1S/C17H24O3Si.H2O2S2/c1-4-18-21(19-5-2,20-6-3)14-16-12-9-11-15-10-7-8-13-17(15)16;1-4(2)3/h7-13H,4-6,14H2,1-3H3;4H,(H,1,2,3). The summed E-state index contributed by atoms with van der Waals surface area (Å²) in [6, 6.07) is 15.5. The summed E-state index contributed by atoms with van der Waals surface area (Å²) in [5.74, 6) is 0. The normalized spacial score (nSPS) is 12.5. The Hall–Kier alpha value is -0.873. The molecule has 1 unspecified atom stereocenters. The molecule has 1 N–H and O–H groups in total. The highest BCUT2D eigenvalue weighted by molar-refractivity contribution is 8.18. The number of benzene rings is 2. The first kappa shape index (κ1) is 22.2. The highest BCUT2D eigenvalue weighted by atomic mass is 32.8. The molecule has 0 amide bonds. The van der Waals surface area contributed by atoms with Gasteiger partial charge in [-0.2, -0.15) is 0 Å². The summed E-state index contributed by atoms with van der Waals surface area (Å²) >= 11 is 3.69. The lowest BCUT2D eigenvalue weighted by Gasteiger charge is -2.29. The van der Waals surface area contributed by atoms with Crippen LogP contribution in [0.3, 0.4) is 0 Å². The van der Waals surface area contributed by atoms with Crippen molar-refractivity contribution in [2.75, 3.05) is 19.8 Å². The largest absolute Gasteiger partial charge is 0.505 e. The van der Waals surface area contributed by atoms with Crippen LogP contribution in [-0.2, 0) is 40.1 Å². The summed E-state index contributed by atoms with van der Waals surface area (Å²) in [6.45, 7) is 7.79. The molecule has 5 nitrogen and oxygen atoms in total. The van der Waals surface area contributed by atoms with Gasteiger partial charge in [0.1, 0.15) is 9.64 Å². The van der Waals surface area contributed by atoms with Gasteiger partial charge in [-0.3, -0.25) is 0 Å². The van der Waals surface area contributed by atoms with Crippen LogP contribution in [0.1, 0.15) is 26.3 Å². The number of rotatable bonds is 8. The van der Waals surface area contributed by atoms with Gasteiger partial charge >= 0.3 is 8.80 Å². The zero-order valence-electron chi connectivity index (χ0n) is 14.8. The summed E-state index contributed by atoms with van der Waals surface area (Å²) < 4.78 is 34.2. The quantitative estimate of drug-likeness (QED) is 0.521.